The zero-order valence-corrected chi connectivity index (χ0v) is 17.6. The first-order valence-corrected chi connectivity index (χ1v) is 10.5. The summed E-state index contributed by atoms with van der Waals surface area (Å²) in [5, 5.41) is 10.9. The highest BCUT2D eigenvalue weighted by Gasteiger charge is 2.70. The van der Waals surface area contributed by atoms with E-state index in [1.165, 1.54) is 32.2 Å². The monoisotopic (exact) mass is 421 g/mol. The van der Waals surface area contributed by atoms with Crippen LogP contribution >= 0.6 is 0 Å². The molecule has 29 heavy (non-hydrogen) atoms. The van der Waals surface area contributed by atoms with Crippen LogP contribution in [0.4, 0.5) is 0 Å². The molecule has 2 saturated heterocycles. The Labute approximate surface area is 168 Å². The normalized spacial score (nSPS) is 26.0. The molecular formula is C19H23N3O6S. The average molecular weight is 421 g/mol. The van der Waals surface area contributed by atoms with Gasteiger partial charge in [-0.15, -0.1) is 0 Å². The number of aromatic nitrogens is 1. The van der Waals surface area contributed by atoms with Crippen LogP contribution in [0.5, 0.6) is 0 Å². The molecule has 2 atom stereocenters. The van der Waals surface area contributed by atoms with Gasteiger partial charge < -0.3 is 15.3 Å². The van der Waals surface area contributed by atoms with Crippen LogP contribution in [0.2, 0.25) is 0 Å². The van der Waals surface area contributed by atoms with E-state index in [2.05, 4.69) is 10.3 Å². The van der Waals surface area contributed by atoms with Crippen molar-refractivity contribution >= 4 is 33.7 Å². The molecule has 2 aliphatic rings. The Morgan fingerprint density at radius 3 is 2.48 bits per heavy atom. The van der Waals surface area contributed by atoms with E-state index in [1.807, 2.05) is 20.8 Å². The Bertz CT molecular complexity index is 1050. The number of amides is 2. The number of carboxylic acid groups (broad SMARTS) is 1. The molecule has 9 nitrogen and oxygen atoms in total. The van der Waals surface area contributed by atoms with Gasteiger partial charge in [0.15, 0.2) is 21.3 Å². The number of hydrogen-bond donors (Lipinski definition) is 2. The van der Waals surface area contributed by atoms with E-state index in [0.717, 1.165) is 4.90 Å². The SMILES string of the molecule is CC(C)(C)NC(=O)c1cccnc1/C=C1/C(=O)N2[C@@H](C(=O)O)C(C)(C)S(=O)(=O)[C@H]12. The molecule has 3 heterocycles. The molecular weight excluding hydrogens is 398 g/mol. The molecule has 1 aromatic rings. The first-order chi connectivity index (χ1) is 13.2. The van der Waals surface area contributed by atoms with Crippen LogP contribution < -0.4 is 5.32 Å². The summed E-state index contributed by atoms with van der Waals surface area (Å²) in [5.41, 5.74) is -0.270. The molecule has 10 heteroatoms. The summed E-state index contributed by atoms with van der Waals surface area (Å²) in [4.78, 5) is 41.9. The average Bonchev–Trinajstić information content (AvgIpc) is 2.72. The molecule has 0 aliphatic carbocycles. The molecule has 2 N–H and O–H groups in total. The number of sulfone groups is 1. The maximum atomic E-state index is 12.9. The minimum Gasteiger partial charge on any atom is -0.480 e. The number of carbonyl (C=O) groups is 3. The summed E-state index contributed by atoms with van der Waals surface area (Å²) in [6, 6.07) is 1.60. The topological polar surface area (TPSA) is 134 Å². The Morgan fingerprint density at radius 2 is 1.93 bits per heavy atom. The number of fused-ring (bicyclic) bond motifs is 1. The van der Waals surface area contributed by atoms with E-state index in [4.69, 9.17) is 0 Å². The van der Waals surface area contributed by atoms with Gasteiger partial charge >= 0.3 is 5.97 Å². The largest absolute Gasteiger partial charge is 0.480 e. The number of carboxylic acids is 1. The molecule has 2 aliphatic heterocycles. The van der Waals surface area contributed by atoms with Crippen LogP contribution in [0.25, 0.3) is 6.08 Å². The lowest BCUT2D eigenvalue weighted by Gasteiger charge is -2.37. The fourth-order valence-corrected chi connectivity index (χ4v) is 5.74. The summed E-state index contributed by atoms with van der Waals surface area (Å²) in [7, 11) is -4.00. The number of carbonyl (C=O) groups excluding carboxylic acids is 2. The molecule has 0 radical (unpaired) electrons. The van der Waals surface area contributed by atoms with Gasteiger partial charge in [-0.3, -0.25) is 14.6 Å². The summed E-state index contributed by atoms with van der Waals surface area (Å²) < 4.78 is 24.2. The Kier molecular flexibility index (Phi) is 4.61. The van der Waals surface area contributed by atoms with Gasteiger partial charge in [-0.05, 0) is 52.8 Å². The Morgan fingerprint density at radius 1 is 1.31 bits per heavy atom. The quantitative estimate of drug-likeness (QED) is 0.545. The third-order valence-corrected chi connectivity index (χ3v) is 7.82. The summed E-state index contributed by atoms with van der Waals surface area (Å²) >= 11 is 0. The molecule has 0 spiro atoms. The lowest BCUT2D eigenvalue weighted by Crippen LogP contribution is -2.58. The van der Waals surface area contributed by atoms with Gasteiger partial charge in [-0.2, -0.15) is 0 Å². The van der Waals surface area contributed by atoms with Crippen LogP contribution in [-0.2, 0) is 19.4 Å². The Hall–Kier alpha value is -2.75. The third-order valence-electron chi connectivity index (χ3n) is 5.06. The molecule has 0 bridgehead atoms. The molecule has 1 aromatic heterocycles. The van der Waals surface area contributed by atoms with Crippen molar-refractivity contribution in [3.8, 4) is 0 Å². The summed E-state index contributed by atoms with van der Waals surface area (Å²) in [6.45, 7) is 8.03. The second kappa shape index (κ2) is 6.38. The first kappa shape index (κ1) is 21.0. The van der Waals surface area contributed by atoms with Crippen LogP contribution in [0.15, 0.2) is 23.9 Å². The number of pyridine rings is 1. The number of nitrogens with zero attached hydrogens (tertiary/aromatic N) is 2. The Balaban J connectivity index is 2.06. The zero-order valence-electron chi connectivity index (χ0n) is 16.8. The highest BCUT2D eigenvalue weighted by Crippen LogP contribution is 2.48. The second-order valence-electron chi connectivity index (χ2n) is 8.69. The first-order valence-electron chi connectivity index (χ1n) is 8.98. The van der Waals surface area contributed by atoms with Crippen LogP contribution in [0, 0.1) is 0 Å². The van der Waals surface area contributed by atoms with Gasteiger partial charge in [0.05, 0.1) is 16.8 Å². The maximum absolute atomic E-state index is 12.9. The number of β-lactam (4-membered cyclic amide) rings is 1. The van der Waals surface area contributed by atoms with Gasteiger partial charge in [0.25, 0.3) is 11.8 Å². The van der Waals surface area contributed by atoms with Gasteiger partial charge in [0.2, 0.25) is 0 Å². The van der Waals surface area contributed by atoms with Gasteiger partial charge in [-0.1, -0.05) is 0 Å². The van der Waals surface area contributed by atoms with Crippen molar-refractivity contribution in [2.45, 2.75) is 56.3 Å². The number of aliphatic carboxylic acids is 1. The number of nitrogens with one attached hydrogen (secondary N) is 1. The zero-order chi connectivity index (χ0) is 21.9. The van der Waals surface area contributed by atoms with Gasteiger partial charge in [-0.25, -0.2) is 13.2 Å². The maximum Gasteiger partial charge on any atom is 0.328 e. The van der Waals surface area contributed by atoms with E-state index >= 15 is 0 Å². The molecule has 0 aromatic carbocycles. The third kappa shape index (κ3) is 3.11. The predicted octanol–water partition coefficient (Wildman–Crippen LogP) is 0.822. The summed E-state index contributed by atoms with van der Waals surface area (Å²) in [6.07, 6.45) is 2.69. The van der Waals surface area contributed by atoms with Crippen LogP contribution in [0.1, 0.15) is 50.7 Å². The van der Waals surface area contributed by atoms with Crippen LogP contribution in [-0.4, -0.2) is 62.9 Å². The smallest absolute Gasteiger partial charge is 0.328 e. The molecule has 2 fully saturated rings. The van der Waals surface area contributed by atoms with Crippen molar-refractivity contribution in [3.05, 3.63) is 35.2 Å². The molecule has 0 saturated carbocycles. The fourth-order valence-electron chi connectivity index (χ4n) is 3.62. The standard InChI is InChI=1S/C19H23N3O6S/c1-18(2,3)21-14(23)10-7-6-8-20-12(10)9-11-15(24)22-13(17(25)26)19(4,5)29(27,28)16(11)22/h6-9,13,16H,1-5H3,(H,21,23)(H,25,26)/b11-9-/t13-,16+/m0/s1. The van der Waals surface area contributed by atoms with Crippen molar-refractivity contribution in [3.63, 3.8) is 0 Å². The van der Waals surface area contributed by atoms with Crippen molar-refractivity contribution in [1.82, 2.24) is 15.2 Å². The number of hydrogen-bond acceptors (Lipinski definition) is 6. The second-order valence-corrected chi connectivity index (χ2v) is 11.3. The molecule has 3 rings (SSSR count). The van der Waals surface area contributed by atoms with E-state index in [-0.39, 0.29) is 16.8 Å². The lowest BCUT2D eigenvalue weighted by molar-refractivity contribution is -0.152. The summed E-state index contributed by atoms with van der Waals surface area (Å²) in [5.74, 6) is -2.49. The molecule has 2 amide bonds. The van der Waals surface area contributed by atoms with Crippen molar-refractivity contribution in [2.24, 2.45) is 0 Å². The molecule has 156 valence electrons. The fraction of sp³-hybridized carbons (Fsp3) is 0.474. The minimum absolute atomic E-state index is 0.0923. The minimum atomic E-state index is -4.00. The highest BCUT2D eigenvalue weighted by atomic mass is 32.2. The van der Waals surface area contributed by atoms with Gasteiger partial charge in [0, 0.05) is 11.7 Å². The van der Waals surface area contributed by atoms with Crippen LogP contribution in [0.3, 0.4) is 0 Å². The van der Waals surface area contributed by atoms with E-state index in [9.17, 15) is 27.9 Å². The molecule has 0 unspecified atom stereocenters. The number of rotatable bonds is 3. The highest BCUT2D eigenvalue weighted by molar-refractivity contribution is 7.94. The van der Waals surface area contributed by atoms with Crippen molar-refractivity contribution in [2.75, 3.05) is 0 Å². The lowest BCUT2D eigenvalue weighted by atomic mass is 9.94. The van der Waals surface area contributed by atoms with Gasteiger partial charge in [0.1, 0.15) is 4.75 Å². The van der Waals surface area contributed by atoms with E-state index < -0.39 is 49.3 Å². The van der Waals surface area contributed by atoms with E-state index in [0.29, 0.717) is 0 Å². The van der Waals surface area contributed by atoms with Crippen molar-refractivity contribution in [1.29, 1.82) is 0 Å². The predicted molar refractivity (Wildman–Crippen MR) is 104 cm³/mol. The van der Waals surface area contributed by atoms with E-state index in [1.54, 1.807) is 6.07 Å². The van der Waals surface area contributed by atoms with Crippen molar-refractivity contribution < 1.29 is 27.9 Å².